The number of nitrogens with two attached hydrogens (primary N) is 2. The molecule has 0 aliphatic rings. The number of hydrogen-bond acceptors (Lipinski definition) is 8. The third kappa shape index (κ3) is 15.1. The Bertz CT molecular complexity index is 1800. The fraction of sp³-hybridized carbons (Fsp3) is 0.512. The maximum absolute atomic E-state index is 15.1. The van der Waals surface area contributed by atoms with Gasteiger partial charge in [-0.1, -0.05) is 57.5 Å². The fourth-order valence-electron chi connectivity index (χ4n) is 6.95. The molecule has 1 aromatic heterocycles. The van der Waals surface area contributed by atoms with Gasteiger partial charge in [0.2, 0.25) is 11.8 Å². The molecule has 0 fully saturated rings. The Balaban J connectivity index is 1.75. The van der Waals surface area contributed by atoms with Gasteiger partial charge in [-0.25, -0.2) is 13.6 Å². The van der Waals surface area contributed by atoms with E-state index in [1.54, 1.807) is 11.1 Å². The Labute approximate surface area is 339 Å². The zero-order valence-electron chi connectivity index (χ0n) is 33.6. The first-order chi connectivity index (χ1) is 27.0. The molecule has 11 nitrogen and oxygen atoms in total. The van der Waals surface area contributed by atoms with Crippen LogP contribution in [0.3, 0.4) is 0 Å². The highest BCUT2D eigenvalue weighted by atomic mass is 32.2. The first-order valence-corrected chi connectivity index (χ1v) is 20.7. The Hall–Kier alpha value is -4.40. The van der Waals surface area contributed by atoms with Crippen LogP contribution < -0.4 is 16.8 Å². The standard InChI is InChI=1S/C43H59F2N5O6S/c1-29(51)23-31(13-8-9-19-46)38(52)17-16-36(42(55)56)48-39(53)18-22-57-28-40(54)50(21-10-20-47)41(43(2,3)4)37-24-32(34-25-33(44)14-15-35(34)45)27-49(37)26-30-11-6-5-7-12-30/h5-7,11-12,14-15,24-25,27,31,36,41H,8-10,13,16-23,26,28,46-47H2,1-4H3,(H,48,53)(H,55,56)/t31-,36-,41+/m1/s1. The highest BCUT2D eigenvalue weighted by Crippen LogP contribution is 2.41. The number of aromatic nitrogens is 1. The van der Waals surface area contributed by atoms with Crippen molar-refractivity contribution in [3.63, 3.8) is 0 Å². The highest BCUT2D eigenvalue weighted by Gasteiger charge is 2.37. The minimum absolute atomic E-state index is 0.0216. The second-order valence-corrected chi connectivity index (χ2v) is 16.6. The van der Waals surface area contributed by atoms with E-state index >= 15 is 4.39 Å². The lowest BCUT2D eigenvalue weighted by atomic mass is 9.83. The largest absolute Gasteiger partial charge is 0.480 e. The first-order valence-electron chi connectivity index (χ1n) is 19.6. The maximum Gasteiger partial charge on any atom is 0.326 e. The van der Waals surface area contributed by atoms with Crippen LogP contribution in [0.2, 0.25) is 0 Å². The van der Waals surface area contributed by atoms with Gasteiger partial charge in [-0.2, -0.15) is 11.8 Å². The number of halogens is 2. The van der Waals surface area contributed by atoms with E-state index < -0.39 is 46.9 Å². The summed E-state index contributed by atoms with van der Waals surface area (Å²) in [5, 5.41) is 12.3. The quantitative estimate of drug-likeness (QED) is 0.0695. The maximum atomic E-state index is 15.1. The van der Waals surface area contributed by atoms with Crippen molar-refractivity contribution in [2.24, 2.45) is 22.8 Å². The fourth-order valence-corrected chi connectivity index (χ4v) is 7.77. The molecule has 2 aromatic carbocycles. The predicted octanol–water partition coefficient (Wildman–Crippen LogP) is 6.51. The molecule has 0 bridgehead atoms. The normalized spacial score (nSPS) is 13.1. The van der Waals surface area contributed by atoms with E-state index in [-0.39, 0.29) is 60.2 Å². The number of ketones is 2. The molecule has 1 heterocycles. The van der Waals surface area contributed by atoms with E-state index in [1.807, 2.05) is 61.7 Å². The number of aliphatic carboxylic acids is 1. The van der Waals surface area contributed by atoms with Crippen molar-refractivity contribution in [1.82, 2.24) is 14.8 Å². The summed E-state index contributed by atoms with van der Waals surface area (Å²) in [6, 6.07) is 13.0. The summed E-state index contributed by atoms with van der Waals surface area (Å²) in [5.41, 5.74) is 13.3. The number of carbonyl (C=O) groups is 5. The molecule has 14 heteroatoms. The number of hydrogen-bond donors (Lipinski definition) is 4. The van der Waals surface area contributed by atoms with Gasteiger partial charge in [0, 0.05) is 67.0 Å². The molecule has 0 unspecified atom stereocenters. The monoisotopic (exact) mass is 811 g/mol. The van der Waals surface area contributed by atoms with Crippen LogP contribution in [0.4, 0.5) is 8.78 Å². The summed E-state index contributed by atoms with van der Waals surface area (Å²) in [7, 11) is 0. The van der Waals surface area contributed by atoms with E-state index in [0.717, 1.165) is 29.5 Å². The van der Waals surface area contributed by atoms with E-state index in [1.165, 1.54) is 18.7 Å². The predicted molar refractivity (Wildman–Crippen MR) is 220 cm³/mol. The van der Waals surface area contributed by atoms with Gasteiger partial charge in [-0.15, -0.1) is 0 Å². The number of Topliss-reactive ketones (excluding diaryl/α,β-unsaturated/α-hetero) is 2. The van der Waals surface area contributed by atoms with Crippen molar-refractivity contribution in [2.75, 3.05) is 31.1 Å². The van der Waals surface area contributed by atoms with Gasteiger partial charge in [-0.05, 0) is 80.9 Å². The van der Waals surface area contributed by atoms with Gasteiger partial charge in [0.05, 0.1) is 11.8 Å². The minimum atomic E-state index is -1.28. The van der Waals surface area contributed by atoms with Gasteiger partial charge < -0.3 is 36.2 Å². The summed E-state index contributed by atoms with van der Waals surface area (Å²) in [6.45, 7) is 9.00. The number of carbonyl (C=O) groups excluding carboxylic acids is 4. The minimum Gasteiger partial charge on any atom is -0.480 e. The average Bonchev–Trinajstić information content (AvgIpc) is 3.55. The Kier molecular flexibility index (Phi) is 19.1. The molecular formula is C43H59F2N5O6S. The molecule has 3 atom stereocenters. The number of nitrogens with one attached hydrogen (secondary N) is 1. The number of nitrogens with zero attached hydrogens (tertiary/aromatic N) is 2. The van der Waals surface area contributed by atoms with Crippen molar-refractivity contribution in [1.29, 1.82) is 0 Å². The average molecular weight is 812 g/mol. The Morgan fingerprint density at radius 2 is 1.63 bits per heavy atom. The molecule has 0 radical (unpaired) electrons. The molecule has 0 aliphatic carbocycles. The van der Waals surface area contributed by atoms with E-state index in [9.17, 15) is 33.5 Å². The molecule has 0 spiro atoms. The lowest BCUT2D eigenvalue weighted by molar-refractivity contribution is -0.142. The lowest BCUT2D eigenvalue weighted by Crippen LogP contribution is -2.44. The molecule has 312 valence electrons. The van der Waals surface area contributed by atoms with Gasteiger partial charge in [-0.3, -0.25) is 14.4 Å². The molecular weight excluding hydrogens is 753 g/mol. The summed E-state index contributed by atoms with van der Waals surface area (Å²) >= 11 is 1.24. The van der Waals surface area contributed by atoms with E-state index in [2.05, 4.69) is 5.32 Å². The van der Waals surface area contributed by atoms with Crippen LogP contribution in [0.1, 0.15) is 96.4 Å². The SMILES string of the molecule is CC(=O)C[C@@H](CCCCN)C(=O)CC[C@@H](NC(=O)CCSCC(=O)N(CCCN)[C@@H](c1cc(-c2cc(F)ccc2F)cn1Cc1ccccc1)C(C)(C)C)C(=O)O. The summed E-state index contributed by atoms with van der Waals surface area (Å²) in [4.78, 5) is 65.4. The molecule has 6 N–H and O–H groups in total. The first kappa shape index (κ1) is 47.0. The molecule has 3 rings (SSSR count). The number of amides is 2. The summed E-state index contributed by atoms with van der Waals surface area (Å²) in [6.07, 6.45) is 4.00. The van der Waals surface area contributed by atoms with Crippen molar-refractivity contribution in [2.45, 2.75) is 97.7 Å². The second-order valence-electron chi connectivity index (χ2n) is 15.5. The van der Waals surface area contributed by atoms with Crippen LogP contribution in [0.15, 0.2) is 60.8 Å². The van der Waals surface area contributed by atoms with Gasteiger partial charge in [0.25, 0.3) is 0 Å². The lowest BCUT2D eigenvalue weighted by Gasteiger charge is -2.41. The van der Waals surface area contributed by atoms with Crippen LogP contribution in [-0.2, 0) is 30.5 Å². The number of benzene rings is 2. The molecule has 0 saturated heterocycles. The van der Waals surface area contributed by atoms with Crippen molar-refractivity contribution < 1.29 is 37.9 Å². The Morgan fingerprint density at radius 3 is 2.26 bits per heavy atom. The van der Waals surface area contributed by atoms with Crippen LogP contribution in [0.5, 0.6) is 0 Å². The number of carboxylic acid groups (broad SMARTS) is 1. The second kappa shape index (κ2) is 23.1. The van der Waals surface area contributed by atoms with Gasteiger partial charge in [0.1, 0.15) is 29.2 Å². The summed E-state index contributed by atoms with van der Waals surface area (Å²) in [5.74, 6) is -3.74. The van der Waals surface area contributed by atoms with Crippen molar-refractivity contribution in [3.8, 4) is 11.1 Å². The molecule has 2 amide bonds. The van der Waals surface area contributed by atoms with Crippen molar-refractivity contribution in [3.05, 3.63) is 83.7 Å². The van der Waals surface area contributed by atoms with E-state index in [4.69, 9.17) is 11.5 Å². The zero-order chi connectivity index (χ0) is 42.1. The van der Waals surface area contributed by atoms with E-state index in [0.29, 0.717) is 57.4 Å². The molecule has 0 aliphatic heterocycles. The molecule has 0 saturated carbocycles. The topological polar surface area (TPSA) is 178 Å². The van der Waals surface area contributed by atoms with Gasteiger partial charge >= 0.3 is 5.97 Å². The third-order valence-corrected chi connectivity index (χ3v) is 10.7. The number of thioether (sulfide) groups is 1. The third-order valence-electron chi connectivity index (χ3n) is 9.71. The molecule has 57 heavy (non-hydrogen) atoms. The number of carboxylic acids is 1. The Morgan fingerprint density at radius 1 is 0.930 bits per heavy atom. The van der Waals surface area contributed by atoms with Crippen LogP contribution in [0.25, 0.3) is 11.1 Å². The van der Waals surface area contributed by atoms with Crippen LogP contribution in [-0.4, -0.2) is 81.1 Å². The van der Waals surface area contributed by atoms with Crippen LogP contribution in [0, 0.1) is 23.0 Å². The number of unbranched alkanes of at least 4 members (excludes halogenated alkanes) is 1. The molecule has 3 aromatic rings. The van der Waals surface area contributed by atoms with Crippen molar-refractivity contribution >= 4 is 41.1 Å². The zero-order valence-corrected chi connectivity index (χ0v) is 34.4. The highest BCUT2D eigenvalue weighted by molar-refractivity contribution is 7.99. The van der Waals surface area contributed by atoms with Crippen LogP contribution >= 0.6 is 11.8 Å². The smallest absolute Gasteiger partial charge is 0.326 e. The summed E-state index contributed by atoms with van der Waals surface area (Å²) < 4.78 is 31.4. The van der Waals surface area contributed by atoms with Gasteiger partial charge in [0.15, 0.2) is 0 Å². The number of rotatable bonds is 25.